The number of ether oxygens (including phenoxy) is 1. The van der Waals surface area contributed by atoms with E-state index in [0.29, 0.717) is 5.69 Å². The fraction of sp³-hybridized carbons (Fsp3) is 0.389. The zero-order valence-corrected chi connectivity index (χ0v) is 14.8. The Hall–Kier alpha value is -2.83. The van der Waals surface area contributed by atoms with Gasteiger partial charge in [-0.15, -0.1) is 0 Å². The predicted molar refractivity (Wildman–Crippen MR) is 96.0 cm³/mol. The molecule has 7 heteroatoms. The maximum absolute atomic E-state index is 11.9. The first kappa shape index (κ1) is 20.2. The Morgan fingerprint density at radius 1 is 1.16 bits per heavy atom. The highest BCUT2D eigenvalue weighted by Gasteiger charge is 2.15. The molecule has 0 spiro atoms. The van der Waals surface area contributed by atoms with Crippen LogP contribution in [0.5, 0.6) is 0 Å². The van der Waals surface area contributed by atoms with Gasteiger partial charge in [-0.25, -0.2) is 4.79 Å². The van der Waals surface area contributed by atoms with Crippen LogP contribution >= 0.6 is 0 Å². The van der Waals surface area contributed by atoms with Gasteiger partial charge in [0.1, 0.15) is 5.60 Å². The van der Waals surface area contributed by atoms with Crippen LogP contribution in [0.2, 0.25) is 0 Å². The second kappa shape index (κ2) is 9.46. The molecule has 0 fully saturated rings. The minimum atomic E-state index is -0.577. The number of para-hydroxylation sites is 1. The molecular formula is C18H25N3O4. The predicted octanol–water partition coefficient (Wildman–Crippen LogP) is 2.34. The number of benzene rings is 1. The summed E-state index contributed by atoms with van der Waals surface area (Å²) in [5.41, 5.74) is 0.803. The number of rotatable bonds is 7. The summed E-state index contributed by atoms with van der Waals surface area (Å²) in [5.74, 6) is -0.541. The number of nitrogens with one attached hydrogen (secondary N) is 3. The van der Waals surface area contributed by atoms with Gasteiger partial charge < -0.3 is 20.7 Å². The van der Waals surface area contributed by atoms with Crippen LogP contribution in [0.25, 0.3) is 0 Å². The number of carbonyl (C=O) groups excluding carboxylic acids is 3. The summed E-state index contributed by atoms with van der Waals surface area (Å²) in [4.78, 5) is 34.8. The molecule has 0 heterocycles. The Morgan fingerprint density at radius 2 is 1.84 bits per heavy atom. The van der Waals surface area contributed by atoms with Gasteiger partial charge in [0, 0.05) is 25.2 Å². The van der Waals surface area contributed by atoms with E-state index in [2.05, 4.69) is 22.5 Å². The molecule has 0 unspecified atom stereocenters. The van der Waals surface area contributed by atoms with Crippen molar-refractivity contribution in [2.24, 2.45) is 0 Å². The fourth-order valence-corrected chi connectivity index (χ4v) is 1.85. The summed E-state index contributed by atoms with van der Waals surface area (Å²) in [7, 11) is 0. The van der Waals surface area contributed by atoms with Gasteiger partial charge in [0.25, 0.3) is 0 Å². The molecule has 0 radical (unpaired) electrons. The van der Waals surface area contributed by atoms with Crippen LogP contribution in [0.4, 0.5) is 10.5 Å². The van der Waals surface area contributed by atoms with Crippen LogP contribution in [0.15, 0.2) is 36.9 Å². The molecule has 0 bridgehead atoms. The Morgan fingerprint density at radius 3 is 2.48 bits per heavy atom. The molecule has 0 aliphatic rings. The molecule has 25 heavy (non-hydrogen) atoms. The summed E-state index contributed by atoms with van der Waals surface area (Å²) in [6.45, 7) is 9.14. The van der Waals surface area contributed by atoms with Gasteiger partial charge in [0.15, 0.2) is 0 Å². The first-order chi connectivity index (χ1) is 11.7. The lowest BCUT2D eigenvalue weighted by Gasteiger charge is -2.19. The number of alkyl carbamates (subject to hydrolysis) is 1. The molecule has 0 aliphatic heterocycles. The highest BCUT2D eigenvalue weighted by atomic mass is 16.6. The van der Waals surface area contributed by atoms with Crippen LogP contribution in [0.1, 0.15) is 32.8 Å². The Kier molecular flexibility index (Phi) is 7.65. The minimum Gasteiger partial charge on any atom is -0.444 e. The van der Waals surface area contributed by atoms with Gasteiger partial charge in [0.05, 0.1) is 0 Å². The molecule has 0 aliphatic carbocycles. The van der Waals surface area contributed by atoms with Crippen LogP contribution in [0.3, 0.4) is 0 Å². The van der Waals surface area contributed by atoms with Crippen molar-refractivity contribution < 1.29 is 19.1 Å². The molecule has 1 aromatic rings. The summed E-state index contributed by atoms with van der Waals surface area (Å²) in [6, 6.07) is 7.15. The van der Waals surface area contributed by atoms with Crippen molar-refractivity contribution in [3.05, 3.63) is 42.5 Å². The van der Waals surface area contributed by atoms with Crippen LogP contribution in [-0.2, 0) is 20.9 Å². The molecule has 0 saturated heterocycles. The molecular weight excluding hydrogens is 322 g/mol. The molecule has 0 atom stereocenters. The first-order valence-corrected chi connectivity index (χ1v) is 7.96. The highest BCUT2D eigenvalue weighted by molar-refractivity contribution is 5.99. The zero-order valence-electron chi connectivity index (χ0n) is 14.8. The smallest absolute Gasteiger partial charge is 0.407 e. The van der Waals surface area contributed by atoms with Crippen LogP contribution < -0.4 is 16.0 Å². The minimum absolute atomic E-state index is 0.125. The molecule has 3 amide bonds. The van der Waals surface area contributed by atoms with Crippen LogP contribution in [-0.4, -0.2) is 30.1 Å². The maximum atomic E-state index is 11.9. The third-order valence-corrected chi connectivity index (χ3v) is 2.96. The van der Waals surface area contributed by atoms with Crippen molar-refractivity contribution in [3.8, 4) is 0 Å². The monoisotopic (exact) mass is 347 g/mol. The number of anilines is 1. The zero-order chi connectivity index (χ0) is 18.9. The molecule has 3 N–H and O–H groups in total. The molecule has 0 saturated carbocycles. The van der Waals surface area contributed by atoms with Gasteiger partial charge in [-0.1, -0.05) is 24.8 Å². The quantitative estimate of drug-likeness (QED) is 0.660. The second-order valence-corrected chi connectivity index (χ2v) is 6.31. The van der Waals surface area contributed by atoms with Gasteiger partial charge >= 0.3 is 6.09 Å². The van der Waals surface area contributed by atoms with Crippen molar-refractivity contribution in [2.45, 2.75) is 39.3 Å². The molecule has 136 valence electrons. The Balaban J connectivity index is 2.41. The van der Waals surface area contributed by atoms with Crippen molar-refractivity contribution in [1.82, 2.24) is 10.6 Å². The average molecular weight is 347 g/mol. The first-order valence-electron chi connectivity index (χ1n) is 7.96. The van der Waals surface area contributed by atoms with E-state index in [-0.39, 0.29) is 31.3 Å². The Labute approximate surface area is 147 Å². The standard InChI is InChI=1S/C18H25N3O4/c1-5-15(22)21-14-9-7-6-8-13(14)12-20-16(23)10-11-19-17(24)25-18(2,3)4/h5-9H,1,10-12H2,2-4H3,(H,19,24)(H,20,23)(H,21,22). The normalized spacial score (nSPS) is 10.5. The molecule has 0 aromatic heterocycles. The number of carbonyl (C=O) groups is 3. The lowest BCUT2D eigenvalue weighted by Crippen LogP contribution is -2.35. The largest absolute Gasteiger partial charge is 0.444 e. The molecule has 7 nitrogen and oxygen atoms in total. The average Bonchev–Trinajstić information content (AvgIpc) is 2.52. The van der Waals surface area contributed by atoms with E-state index in [1.165, 1.54) is 6.08 Å². The Bertz CT molecular complexity index is 635. The van der Waals surface area contributed by atoms with Crippen molar-refractivity contribution in [2.75, 3.05) is 11.9 Å². The summed E-state index contributed by atoms with van der Waals surface area (Å²) in [6.07, 6.45) is 0.746. The van der Waals surface area contributed by atoms with Crippen molar-refractivity contribution >= 4 is 23.6 Å². The van der Waals surface area contributed by atoms with Crippen molar-refractivity contribution in [3.63, 3.8) is 0 Å². The lowest BCUT2D eigenvalue weighted by molar-refractivity contribution is -0.121. The topological polar surface area (TPSA) is 96.5 Å². The van der Waals surface area contributed by atoms with E-state index in [1.807, 2.05) is 6.07 Å². The molecule has 1 rings (SSSR count). The fourth-order valence-electron chi connectivity index (χ4n) is 1.85. The van der Waals surface area contributed by atoms with Crippen molar-refractivity contribution in [1.29, 1.82) is 0 Å². The van der Waals surface area contributed by atoms with E-state index in [0.717, 1.165) is 5.56 Å². The van der Waals surface area contributed by atoms with Gasteiger partial charge in [-0.05, 0) is 38.5 Å². The third kappa shape index (κ3) is 8.55. The SMILES string of the molecule is C=CC(=O)Nc1ccccc1CNC(=O)CCNC(=O)OC(C)(C)C. The van der Waals surface area contributed by atoms with Gasteiger partial charge in [-0.3, -0.25) is 9.59 Å². The van der Waals surface area contributed by atoms with E-state index < -0.39 is 11.7 Å². The van der Waals surface area contributed by atoms with E-state index in [4.69, 9.17) is 4.74 Å². The van der Waals surface area contributed by atoms with E-state index in [1.54, 1.807) is 39.0 Å². The highest BCUT2D eigenvalue weighted by Crippen LogP contribution is 2.14. The number of hydrogen-bond donors (Lipinski definition) is 3. The molecule has 1 aromatic carbocycles. The van der Waals surface area contributed by atoms with E-state index in [9.17, 15) is 14.4 Å². The summed E-state index contributed by atoms with van der Waals surface area (Å²) < 4.78 is 5.08. The number of amides is 3. The second-order valence-electron chi connectivity index (χ2n) is 6.31. The van der Waals surface area contributed by atoms with Gasteiger partial charge in [0.2, 0.25) is 11.8 Å². The number of hydrogen-bond acceptors (Lipinski definition) is 4. The maximum Gasteiger partial charge on any atom is 0.407 e. The van der Waals surface area contributed by atoms with Gasteiger partial charge in [-0.2, -0.15) is 0 Å². The summed E-state index contributed by atoms with van der Waals surface area (Å²) in [5, 5.41) is 7.95. The lowest BCUT2D eigenvalue weighted by atomic mass is 10.1. The summed E-state index contributed by atoms with van der Waals surface area (Å²) >= 11 is 0. The van der Waals surface area contributed by atoms with E-state index >= 15 is 0 Å². The van der Waals surface area contributed by atoms with Crippen LogP contribution in [0, 0.1) is 0 Å². The third-order valence-electron chi connectivity index (χ3n) is 2.96.